The second-order valence-electron chi connectivity index (χ2n) is 10.4. The maximum atomic E-state index is 2.91. The van der Waals surface area contributed by atoms with Crippen LogP contribution in [0.2, 0.25) is 0 Å². The van der Waals surface area contributed by atoms with Crippen molar-refractivity contribution in [3.8, 4) is 0 Å². The molecule has 31 heavy (non-hydrogen) atoms. The predicted octanol–water partition coefficient (Wildman–Crippen LogP) is 7.57. The van der Waals surface area contributed by atoms with Crippen LogP contribution in [0.3, 0.4) is 0 Å². The number of hydrogen-bond donors (Lipinski definition) is 0. The fraction of sp³-hybridized carbons (Fsp3) is 0.586. The van der Waals surface area contributed by atoms with Gasteiger partial charge in [-0.15, -0.1) is 0 Å². The standard InChI is InChI=1S/C29H40N2/c1-22-14-12-13-21-27(22)30-23(2)28(24-15-6-3-7-16-24)31(26-19-10-5-11-20-26)29(30)25-17-8-4-9-18-25/h5,10-14,19-21,23-25,28-29H,3-4,6-9,15-18H2,1-2H3/t23-,28?,29?/m0/s1. The summed E-state index contributed by atoms with van der Waals surface area (Å²) in [6, 6.07) is 21.7. The molecule has 0 bridgehead atoms. The topological polar surface area (TPSA) is 6.48 Å². The molecule has 0 aromatic heterocycles. The van der Waals surface area contributed by atoms with Gasteiger partial charge in [0.2, 0.25) is 0 Å². The van der Waals surface area contributed by atoms with Crippen LogP contribution in [-0.4, -0.2) is 18.2 Å². The number of para-hydroxylation sites is 2. The van der Waals surface area contributed by atoms with Crippen LogP contribution < -0.4 is 9.80 Å². The summed E-state index contributed by atoms with van der Waals surface area (Å²) in [5, 5.41) is 0. The fourth-order valence-electron chi connectivity index (χ4n) is 7.07. The van der Waals surface area contributed by atoms with Gasteiger partial charge in [0.25, 0.3) is 0 Å². The Morgan fingerprint density at radius 3 is 1.87 bits per heavy atom. The maximum Gasteiger partial charge on any atom is 0.105 e. The van der Waals surface area contributed by atoms with E-state index in [0.717, 1.165) is 11.8 Å². The number of hydrogen-bond acceptors (Lipinski definition) is 2. The van der Waals surface area contributed by atoms with Crippen LogP contribution in [0.1, 0.15) is 76.7 Å². The monoisotopic (exact) mass is 416 g/mol. The average molecular weight is 417 g/mol. The van der Waals surface area contributed by atoms with Crippen molar-refractivity contribution in [2.24, 2.45) is 11.8 Å². The van der Waals surface area contributed by atoms with Crippen LogP contribution in [0.25, 0.3) is 0 Å². The van der Waals surface area contributed by atoms with Crippen molar-refractivity contribution in [3.63, 3.8) is 0 Å². The van der Waals surface area contributed by atoms with E-state index in [0.29, 0.717) is 18.2 Å². The third-order valence-electron chi connectivity index (χ3n) is 8.48. The Labute approximate surface area is 189 Å². The molecule has 2 aliphatic carbocycles. The molecule has 2 aromatic rings. The van der Waals surface area contributed by atoms with Gasteiger partial charge in [-0.25, -0.2) is 0 Å². The molecule has 1 saturated heterocycles. The van der Waals surface area contributed by atoms with Gasteiger partial charge in [-0.05, 0) is 75.1 Å². The molecule has 2 aromatic carbocycles. The summed E-state index contributed by atoms with van der Waals surface area (Å²) in [6.07, 6.45) is 14.5. The van der Waals surface area contributed by atoms with Crippen LogP contribution in [0.4, 0.5) is 11.4 Å². The van der Waals surface area contributed by atoms with Crippen LogP contribution in [0, 0.1) is 18.8 Å². The molecule has 3 atom stereocenters. The van der Waals surface area contributed by atoms with Crippen LogP contribution in [-0.2, 0) is 0 Å². The summed E-state index contributed by atoms with van der Waals surface area (Å²) in [7, 11) is 0. The molecule has 0 amide bonds. The second kappa shape index (κ2) is 9.27. The van der Waals surface area contributed by atoms with Gasteiger partial charge in [0.1, 0.15) is 6.17 Å². The Morgan fingerprint density at radius 1 is 0.645 bits per heavy atom. The number of anilines is 2. The van der Waals surface area contributed by atoms with Gasteiger partial charge in [-0.3, -0.25) is 0 Å². The molecule has 5 rings (SSSR count). The molecule has 166 valence electrons. The lowest BCUT2D eigenvalue weighted by atomic mass is 9.80. The quantitative estimate of drug-likeness (QED) is 0.507. The zero-order chi connectivity index (χ0) is 21.2. The first kappa shape index (κ1) is 20.9. The number of benzene rings is 2. The third-order valence-corrected chi connectivity index (χ3v) is 8.48. The molecule has 2 saturated carbocycles. The van der Waals surface area contributed by atoms with Crippen molar-refractivity contribution in [3.05, 3.63) is 60.2 Å². The molecule has 1 aliphatic heterocycles. The van der Waals surface area contributed by atoms with Gasteiger partial charge in [0, 0.05) is 17.4 Å². The highest BCUT2D eigenvalue weighted by Crippen LogP contribution is 2.47. The second-order valence-corrected chi connectivity index (χ2v) is 10.4. The molecule has 3 aliphatic rings. The lowest BCUT2D eigenvalue weighted by Crippen LogP contribution is -2.48. The van der Waals surface area contributed by atoms with Crippen molar-refractivity contribution in [2.75, 3.05) is 9.80 Å². The molecule has 0 spiro atoms. The average Bonchev–Trinajstić information content (AvgIpc) is 3.14. The summed E-state index contributed by atoms with van der Waals surface area (Å²) < 4.78 is 0. The Morgan fingerprint density at radius 2 is 1.23 bits per heavy atom. The molecular formula is C29H40N2. The van der Waals surface area contributed by atoms with Gasteiger partial charge in [0.05, 0.1) is 6.04 Å². The summed E-state index contributed by atoms with van der Waals surface area (Å²) >= 11 is 0. The molecule has 0 N–H and O–H groups in total. The minimum absolute atomic E-state index is 0.478. The molecule has 0 radical (unpaired) electrons. The van der Waals surface area contributed by atoms with Crippen molar-refractivity contribution in [1.82, 2.24) is 0 Å². The molecule has 3 fully saturated rings. The molecule has 2 nitrogen and oxygen atoms in total. The lowest BCUT2D eigenvalue weighted by molar-refractivity contribution is 0.275. The minimum atomic E-state index is 0.478. The van der Waals surface area contributed by atoms with Gasteiger partial charge in [0.15, 0.2) is 0 Å². The lowest BCUT2D eigenvalue weighted by Gasteiger charge is -2.43. The first-order chi connectivity index (χ1) is 15.3. The number of aryl methyl sites for hydroxylation is 1. The first-order valence-electron chi connectivity index (χ1n) is 12.9. The van der Waals surface area contributed by atoms with Gasteiger partial charge in [-0.1, -0.05) is 74.9 Å². The summed E-state index contributed by atoms with van der Waals surface area (Å²) in [5.41, 5.74) is 4.33. The third kappa shape index (κ3) is 3.99. The highest BCUT2D eigenvalue weighted by Gasteiger charge is 2.51. The fourth-order valence-corrected chi connectivity index (χ4v) is 7.07. The van der Waals surface area contributed by atoms with Crippen molar-refractivity contribution in [1.29, 1.82) is 0 Å². The molecule has 2 unspecified atom stereocenters. The summed E-state index contributed by atoms with van der Waals surface area (Å²) in [6.45, 7) is 4.84. The van der Waals surface area contributed by atoms with Gasteiger partial charge in [-0.2, -0.15) is 0 Å². The van der Waals surface area contributed by atoms with Crippen molar-refractivity contribution >= 4 is 11.4 Å². The Kier molecular flexibility index (Phi) is 6.25. The van der Waals surface area contributed by atoms with E-state index in [4.69, 9.17) is 0 Å². The van der Waals surface area contributed by atoms with E-state index in [9.17, 15) is 0 Å². The number of nitrogens with zero attached hydrogens (tertiary/aromatic N) is 2. The van der Waals surface area contributed by atoms with Crippen LogP contribution in [0.15, 0.2) is 54.6 Å². The Hall–Kier alpha value is -1.96. The van der Waals surface area contributed by atoms with Gasteiger partial charge < -0.3 is 9.80 Å². The van der Waals surface area contributed by atoms with E-state index in [1.165, 1.54) is 81.1 Å². The van der Waals surface area contributed by atoms with E-state index in [2.05, 4.69) is 78.2 Å². The zero-order valence-electron chi connectivity index (χ0n) is 19.5. The Balaban J connectivity index is 1.63. The largest absolute Gasteiger partial charge is 0.346 e. The number of rotatable bonds is 4. The predicted molar refractivity (Wildman–Crippen MR) is 133 cm³/mol. The van der Waals surface area contributed by atoms with E-state index in [-0.39, 0.29) is 0 Å². The van der Waals surface area contributed by atoms with E-state index in [1.807, 2.05) is 0 Å². The highest BCUT2D eigenvalue weighted by molar-refractivity contribution is 5.62. The van der Waals surface area contributed by atoms with E-state index < -0.39 is 0 Å². The van der Waals surface area contributed by atoms with Crippen LogP contribution in [0.5, 0.6) is 0 Å². The highest BCUT2D eigenvalue weighted by atomic mass is 15.5. The van der Waals surface area contributed by atoms with Crippen LogP contribution >= 0.6 is 0 Å². The smallest absolute Gasteiger partial charge is 0.105 e. The minimum Gasteiger partial charge on any atom is -0.346 e. The van der Waals surface area contributed by atoms with Gasteiger partial charge >= 0.3 is 0 Å². The summed E-state index contributed by atoms with van der Waals surface area (Å²) in [4.78, 5) is 5.76. The van der Waals surface area contributed by atoms with E-state index >= 15 is 0 Å². The Bertz CT molecular complexity index is 835. The maximum absolute atomic E-state index is 2.91. The molecule has 2 heteroatoms. The first-order valence-corrected chi connectivity index (χ1v) is 12.9. The molecule has 1 heterocycles. The van der Waals surface area contributed by atoms with Crippen molar-refractivity contribution < 1.29 is 0 Å². The normalized spacial score (nSPS) is 28.3. The summed E-state index contributed by atoms with van der Waals surface area (Å²) in [5.74, 6) is 1.56. The SMILES string of the molecule is Cc1ccccc1N1C(C2CCCCC2)N(c2ccccc2)C(C2CCCCC2)[C@@H]1C. The van der Waals surface area contributed by atoms with E-state index in [1.54, 1.807) is 0 Å². The molecular weight excluding hydrogens is 376 g/mol. The van der Waals surface area contributed by atoms with Crippen molar-refractivity contribution in [2.45, 2.75) is 96.3 Å². The zero-order valence-corrected chi connectivity index (χ0v) is 19.5.